The van der Waals surface area contributed by atoms with Crippen molar-refractivity contribution >= 4 is 33.1 Å². The number of hydrogen-bond donors (Lipinski definition) is 2. The number of carbonyl (C=O) groups excluding carboxylic acids is 1. The van der Waals surface area contributed by atoms with Gasteiger partial charge in [0.05, 0.1) is 10.2 Å². The summed E-state index contributed by atoms with van der Waals surface area (Å²) >= 11 is 1.56. The van der Waals surface area contributed by atoms with Gasteiger partial charge in [0.2, 0.25) is 0 Å². The van der Waals surface area contributed by atoms with E-state index >= 15 is 0 Å². The third-order valence-corrected chi connectivity index (χ3v) is 5.14. The monoisotopic (exact) mass is 378 g/mol. The molecule has 0 spiro atoms. The number of nitrogens with zero attached hydrogens (tertiary/aromatic N) is 2. The van der Waals surface area contributed by atoms with Crippen LogP contribution in [0.1, 0.15) is 10.5 Å². The third-order valence-electron chi connectivity index (χ3n) is 4.05. The zero-order valence-electron chi connectivity index (χ0n) is 14.2. The maximum Gasteiger partial charge on any atom is 0.328 e. The van der Waals surface area contributed by atoms with E-state index in [1.54, 1.807) is 23.5 Å². The number of rotatable bonds is 3. The van der Waals surface area contributed by atoms with Crippen LogP contribution < -0.4 is 16.6 Å². The summed E-state index contributed by atoms with van der Waals surface area (Å²) in [4.78, 5) is 42.7. The zero-order chi connectivity index (χ0) is 19.0. The van der Waals surface area contributed by atoms with Gasteiger partial charge in [-0.1, -0.05) is 24.3 Å². The van der Waals surface area contributed by atoms with Gasteiger partial charge in [-0.05, 0) is 24.3 Å². The Morgan fingerprint density at radius 1 is 1.11 bits per heavy atom. The molecule has 2 aromatic carbocycles. The number of nitrogens with one attached hydrogen (secondary N) is 2. The van der Waals surface area contributed by atoms with Crippen molar-refractivity contribution in [1.29, 1.82) is 0 Å². The summed E-state index contributed by atoms with van der Waals surface area (Å²) in [7, 11) is 1.34. The number of amides is 1. The first-order chi connectivity index (χ1) is 13.0. The van der Waals surface area contributed by atoms with E-state index in [1.165, 1.54) is 7.05 Å². The lowest BCUT2D eigenvalue weighted by Crippen LogP contribution is -2.34. The number of fused-ring (bicyclic) bond motifs is 1. The van der Waals surface area contributed by atoms with Gasteiger partial charge in [0, 0.05) is 24.4 Å². The topological polar surface area (TPSA) is 96.8 Å². The lowest BCUT2D eigenvalue weighted by atomic mass is 10.2. The minimum Gasteiger partial charge on any atom is -0.321 e. The molecule has 0 bridgehead atoms. The maximum absolute atomic E-state index is 12.4. The quantitative estimate of drug-likeness (QED) is 0.573. The standard InChI is InChI=1S/C19H14N4O3S/c1-23-16(24)10-14(22-19(23)26)17(25)20-12-6-4-5-11(9-12)18-21-13-7-2-3-8-15(13)27-18/h2-10H,1H3,(H,20,25)(H,22,26). The van der Waals surface area contributed by atoms with Crippen molar-refractivity contribution in [2.24, 2.45) is 7.05 Å². The average molecular weight is 378 g/mol. The van der Waals surface area contributed by atoms with Crippen molar-refractivity contribution in [2.45, 2.75) is 0 Å². The number of para-hydroxylation sites is 1. The van der Waals surface area contributed by atoms with Crippen LogP contribution in [0.4, 0.5) is 5.69 Å². The molecular weight excluding hydrogens is 364 g/mol. The van der Waals surface area contributed by atoms with E-state index in [9.17, 15) is 14.4 Å². The maximum atomic E-state index is 12.4. The molecule has 27 heavy (non-hydrogen) atoms. The normalized spacial score (nSPS) is 10.9. The lowest BCUT2D eigenvalue weighted by Gasteiger charge is -2.07. The molecule has 134 valence electrons. The highest BCUT2D eigenvalue weighted by atomic mass is 32.1. The Balaban J connectivity index is 1.64. The summed E-state index contributed by atoms with van der Waals surface area (Å²) in [5.41, 5.74) is 1.05. The fraction of sp³-hybridized carbons (Fsp3) is 0.0526. The lowest BCUT2D eigenvalue weighted by molar-refractivity contribution is 0.102. The smallest absolute Gasteiger partial charge is 0.321 e. The van der Waals surface area contributed by atoms with Crippen LogP contribution in [0.25, 0.3) is 20.8 Å². The van der Waals surface area contributed by atoms with Crippen LogP contribution in [0.3, 0.4) is 0 Å². The van der Waals surface area contributed by atoms with E-state index in [1.807, 2.05) is 36.4 Å². The number of benzene rings is 2. The van der Waals surface area contributed by atoms with Crippen LogP contribution in [0.2, 0.25) is 0 Å². The number of hydrogen-bond acceptors (Lipinski definition) is 5. The van der Waals surface area contributed by atoms with Gasteiger partial charge in [-0.3, -0.25) is 14.2 Å². The number of carbonyl (C=O) groups is 1. The number of H-pyrrole nitrogens is 1. The molecule has 4 aromatic rings. The molecule has 0 fully saturated rings. The van der Waals surface area contributed by atoms with Crippen LogP contribution in [0.5, 0.6) is 0 Å². The highest BCUT2D eigenvalue weighted by Crippen LogP contribution is 2.31. The van der Waals surface area contributed by atoms with Crippen LogP contribution in [0, 0.1) is 0 Å². The van der Waals surface area contributed by atoms with E-state index in [4.69, 9.17) is 0 Å². The van der Waals surface area contributed by atoms with Crippen molar-refractivity contribution < 1.29 is 4.79 Å². The van der Waals surface area contributed by atoms with Gasteiger partial charge in [0.15, 0.2) is 0 Å². The van der Waals surface area contributed by atoms with Crippen LogP contribution in [0.15, 0.2) is 64.2 Å². The molecule has 0 aliphatic heterocycles. The summed E-state index contributed by atoms with van der Waals surface area (Å²) < 4.78 is 1.98. The molecule has 0 atom stereocenters. The molecule has 7 nitrogen and oxygen atoms in total. The van der Waals surface area contributed by atoms with Crippen molar-refractivity contribution in [3.05, 3.63) is 81.1 Å². The Hall–Kier alpha value is -3.52. The fourth-order valence-corrected chi connectivity index (χ4v) is 3.56. The number of aromatic amines is 1. The van der Waals surface area contributed by atoms with E-state index in [0.717, 1.165) is 31.4 Å². The van der Waals surface area contributed by atoms with E-state index < -0.39 is 17.2 Å². The predicted octanol–water partition coefficient (Wildman–Crippen LogP) is 2.60. The summed E-state index contributed by atoms with van der Waals surface area (Å²) in [6.07, 6.45) is 0. The molecule has 4 rings (SSSR count). The van der Waals surface area contributed by atoms with Crippen molar-refractivity contribution in [1.82, 2.24) is 14.5 Å². The minimum atomic E-state index is -0.643. The minimum absolute atomic E-state index is 0.0894. The molecular formula is C19H14N4O3S. The summed E-state index contributed by atoms with van der Waals surface area (Å²) in [6, 6.07) is 16.2. The summed E-state index contributed by atoms with van der Waals surface area (Å²) in [6.45, 7) is 0. The van der Waals surface area contributed by atoms with Gasteiger partial charge in [-0.25, -0.2) is 9.78 Å². The Bertz CT molecular complexity index is 1220. The first-order valence-electron chi connectivity index (χ1n) is 8.09. The van der Waals surface area contributed by atoms with Crippen LogP contribution >= 0.6 is 11.3 Å². The van der Waals surface area contributed by atoms with Gasteiger partial charge >= 0.3 is 5.69 Å². The molecule has 2 heterocycles. The van der Waals surface area contributed by atoms with E-state index in [-0.39, 0.29) is 5.69 Å². The molecule has 2 N–H and O–H groups in total. The molecule has 2 aromatic heterocycles. The van der Waals surface area contributed by atoms with Gasteiger partial charge in [0.25, 0.3) is 11.5 Å². The summed E-state index contributed by atoms with van der Waals surface area (Å²) in [5.74, 6) is -0.564. The SMILES string of the molecule is Cn1c(=O)cc(C(=O)Nc2cccc(-c3nc4ccccc4s3)c2)[nH]c1=O. The second-order valence-corrected chi connectivity index (χ2v) is 6.94. The second kappa shape index (κ2) is 6.65. The Morgan fingerprint density at radius 3 is 2.70 bits per heavy atom. The third kappa shape index (κ3) is 3.30. The van der Waals surface area contributed by atoms with Gasteiger partial charge in [0.1, 0.15) is 10.7 Å². The van der Waals surface area contributed by atoms with Crippen LogP contribution in [-0.2, 0) is 7.05 Å². The fourth-order valence-electron chi connectivity index (χ4n) is 2.60. The number of anilines is 1. The average Bonchev–Trinajstić information content (AvgIpc) is 3.10. The van der Waals surface area contributed by atoms with Gasteiger partial charge in [-0.2, -0.15) is 0 Å². The first kappa shape index (κ1) is 16.9. The highest BCUT2D eigenvalue weighted by molar-refractivity contribution is 7.21. The molecule has 0 saturated carbocycles. The molecule has 0 saturated heterocycles. The predicted molar refractivity (Wildman–Crippen MR) is 105 cm³/mol. The second-order valence-electron chi connectivity index (χ2n) is 5.91. The van der Waals surface area contributed by atoms with Gasteiger partial charge < -0.3 is 10.3 Å². The molecule has 0 unspecified atom stereocenters. The van der Waals surface area contributed by atoms with E-state index in [2.05, 4.69) is 15.3 Å². The Morgan fingerprint density at radius 2 is 1.93 bits per heavy atom. The molecule has 0 aliphatic carbocycles. The molecule has 8 heteroatoms. The zero-order valence-corrected chi connectivity index (χ0v) is 15.0. The Kier molecular flexibility index (Phi) is 4.17. The largest absolute Gasteiger partial charge is 0.328 e. The van der Waals surface area contributed by atoms with Crippen molar-refractivity contribution in [2.75, 3.05) is 5.32 Å². The van der Waals surface area contributed by atoms with Crippen LogP contribution in [-0.4, -0.2) is 20.4 Å². The molecule has 0 aliphatic rings. The first-order valence-corrected chi connectivity index (χ1v) is 8.90. The Labute approximate surface area is 157 Å². The number of thiazole rings is 1. The molecule has 1 amide bonds. The van der Waals surface area contributed by atoms with Gasteiger partial charge in [-0.15, -0.1) is 11.3 Å². The van der Waals surface area contributed by atoms with Crippen molar-refractivity contribution in [3.63, 3.8) is 0 Å². The van der Waals surface area contributed by atoms with Crippen molar-refractivity contribution in [3.8, 4) is 10.6 Å². The number of aromatic nitrogens is 3. The van der Waals surface area contributed by atoms with E-state index in [0.29, 0.717) is 5.69 Å². The highest BCUT2D eigenvalue weighted by Gasteiger charge is 2.11. The summed E-state index contributed by atoms with van der Waals surface area (Å²) in [5, 5.41) is 3.54. The molecule has 0 radical (unpaired) electrons.